The Hall–Kier alpha value is -2.08. The summed E-state index contributed by atoms with van der Waals surface area (Å²) >= 11 is 0. The Morgan fingerprint density at radius 1 is 0.429 bits per heavy atom. The molecule has 0 fully saturated rings. The molecule has 0 aliphatic carbocycles. The zero-order valence-corrected chi connectivity index (χ0v) is 26.5. The molecule has 0 aliphatic rings. The fraction of sp³-hybridized carbons (Fsp3) is 0.857. The van der Waals surface area contributed by atoms with E-state index in [1.165, 1.54) is 17.9 Å². The van der Waals surface area contributed by atoms with Crippen molar-refractivity contribution in [2.75, 3.05) is 127 Å². The van der Waals surface area contributed by atoms with E-state index < -0.39 is 7.82 Å². The van der Waals surface area contributed by atoms with Gasteiger partial charge in [-0.1, -0.05) is 0 Å². The van der Waals surface area contributed by atoms with Crippen molar-refractivity contribution in [3.8, 4) is 0 Å². The molecule has 0 unspecified atom stereocenters. The summed E-state index contributed by atoms with van der Waals surface area (Å²) in [6.07, 6.45) is 0. The van der Waals surface area contributed by atoms with E-state index in [1.807, 2.05) is 127 Å². The van der Waals surface area contributed by atoms with E-state index in [2.05, 4.69) is 43.1 Å². The molecule has 0 bridgehead atoms. The predicted molar refractivity (Wildman–Crippen MR) is 141 cm³/mol. The van der Waals surface area contributed by atoms with Crippen molar-refractivity contribution in [2.45, 2.75) is 0 Å². The highest BCUT2D eigenvalue weighted by atomic mass is 31.2. The Labute approximate surface area is 215 Å². The minimum Gasteiger partial charge on any atom is -0.822 e. The molecule has 0 atom stereocenters. The summed E-state index contributed by atoms with van der Waals surface area (Å²) in [6, 6.07) is 0. The Balaban J connectivity index is -0.000000188. The second kappa shape index (κ2) is 19.1. The van der Waals surface area contributed by atoms with Crippen LogP contribution in [0, 0.1) is 0 Å². The fourth-order valence-electron chi connectivity index (χ4n) is 3.60. The molecule has 0 spiro atoms. The standard InChI is InChI=1S/3C7H18N3.H3O4P/c3*1-8(2)7(9(3)4)10(5)6;1-5(2,3)4/h3*1-6H3;(H3,1,2,3,4)/q3*+1;/p-3. The van der Waals surface area contributed by atoms with Crippen LogP contribution >= 0.6 is 7.82 Å². The highest BCUT2D eigenvalue weighted by Crippen LogP contribution is 2.03. The van der Waals surface area contributed by atoms with Gasteiger partial charge in [-0.2, -0.15) is 7.82 Å². The molecular formula is C21H54N9O4P. The molecule has 0 aromatic carbocycles. The molecule has 212 valence electrons. The molecule has 14 heteroatoms. The summed E-state index contributed by atoms with van der Waals surface area (Å²) in [5, 5.41) is 0. The first-order valence-electron chi connectivity index (χ1n) is 10.8. The van der Waals surface area contributed by atoms with Crippen molar-refractivity contribution in [1.29, 1.82) is 0 Å². The fourth-order valence-corrected chi connectivity index (χ4v) is 3.60. The Morgan fingerprint density at radius 3 is 0.514 bits per heavy atom. The number of guanidine groups is 3. The summed E-state index contributed by atoms with van der Waals surface area (Å²) in [4.78, 5) is 38.1. The molecule has 0 radical (unpaired) electrons. The van der Waals surface area contributed by atoms with Gasteiger partial charge in [0.1, 0.15) is 0 Å². The number of nitrogens with zero attached hydrogens (tertiary/aromatic N) is 9. The van der Waals surface area contributed by atoms with Crippen molar-refractivity contribution in [3.63, 3.8) is 0 Å². The average molecular weight is 528 g/mol. The van der Waals surface area contributed by atoms with Crippen molar-refractivity contribution >= 4 is 25.7 Å². The lowest BCUT2D eigenvalue weighted by Crippen LogP contribution is -2.40. The van der Waals surface area contributed by atoms with E-state index in [0.29, 0.717) is 0 Å². The molecule has 0 rings (SSSR count). The molecule has 0 N–H and O–H groups in total. The normalized spacial score (nSPS) is 9.40. The third kappa shape index (κ3) is 24.8. The molecule has 35 heavy (non-hydrogen) atoms. The van der Waals surface area contributed by atoms with Gasteiger partial charge < -0.3 is 19.2 Å². The average Bonchev–Trinajstić information content (AvgIpc) is 2.49. The summed E-state index contributed by atoms with van der Waals surface area (Å²) < 4.78 is 14.8. The molecule has 0 saturated heterocycles. The minimum absolute atomic E-state index is 1.19. The van der Waals surface area contributed by atoms with Gasteiger partial charge in [-0.05, 0) is 0 Å². The van der Waals surface area contributed by atoms with Gasteiger partial charge in [-0.25, -0.2) is 0 Å². The molecule has 0 aromatic heterocycles. The van der Waals surface area contributed by atoms with Gasteiger partial charge in [0.2, 0.25) is 0 Å². The van der Waals surface area contributed by atoms with Gasteiger partial charge in [0.15, 0.2) is 0 Å². The SMILES string of the molecule is CN(C)C(N(C)C)=[N+](C)C.CN(C)C(N(C)C)=[N+](C)C.CN(C)C(N(C)C)=[N+](C)C.O=P([O-])([O-])[O-]. The second-order valence-corrected chi connectivity index (χ2v) is 10.3. The minimum atomic E-state index is -5.39. The molecule has 0 aromatic rings. The summed E-state index contributed by atoms with van der Waals surface area (Å²) in [5.41, 5.74) is 0. The lowest BCUT2D eigenvalue weighted by atomic mass is 10.7. The summed E-state index contributed by atoms with van der Waals surface area (Å²) in [7, 11) is 31.3. The topological polar surface area (TPSA) is 115 Å². The second-order valence-electron chi connectivity index (χ2n) is 9.40. The summed E-state index contributed by atoms with van der Waals surface area (Å²) in [5.74, 6) is 3.58. The smallest absolute Gasteiger partial charge is 0.349 e. The maximum atomic E-state index is 8.55. The maximum Gasteiger partial charge on any atom is 0.349 e. The van der Waals surface area contributed by atoms with Crippen LogP contribution in [0.4, 0.5) is 0 Å². The molecular weight excluding hydrogens is 473 g/mol. The van der Waals surface area contributed by atoms with E-state index >= 15 is 0 Å². The van der Waals surface area contributed by atoms with Crippen LogP contribution in [0.1, 0.15) is 0 Å². The van der Waals surface area contributed by atoms with E-state index in [-0.39, 0.29) is 0 Å². The van der Waals surface area contributed by atoms with Crippen LogP contribution in [0.25, 0.3) is 0 Å². The number of hydrogen-bond acceptors (Lipinski definition) is 4. The molecule has 0 amide bonds. The zero-order chi connectivity index (χ0) is 29.4. The number of rotatable bonds is 0. The van der Waals surface area contributed by atoms with Gasteiger partial charge >= 0.3 is 17.9 Å². The third-order valence-electron chi connectivity index (χ3n) is 3.60. The lowest BCUT2D eigenvalue weighted by molar-refractivity contribution is -0.475. The number of hydrogen-bond donors (Lipinski definition) is 0. The van der Waals surface area contributed by atoms with Crippen molar-refractivity contribution in [2.24, 2.45) is 0 Å². The summed E-state index contributed by atoms with van der Waals surface area (Å²) in [6.45, 7) is 0. The Morgan fingerprint density at radius 2 is 0.514 bits per heavy atom. The van der Waals surface area contributed by atoms with Crippen molar-refractivity contribution in [1.82, 2.24) is 29.4 Å². The highest BCUT2D eigenvalue weighted by Gasteiger charge is 2.14. The molecule has 0 aliphatic heterocycles. The number of phosphoric acid groups is 1. The van der Waals surface area contributed by atoms with Crippen LogP contribution in [-0.2, 0) is 4.57 Å². The first kappa shape index (κ1) is 40.1. The lowest BCUT2D eigenvalue weighted by Gasteiger charge is -2.36. The van der Waals surface area contributed by atoms with E-state index in [0.717, 1.165) is 0 Å². The van der Waals surface area contributed by atoms with Gasteiger partial charge in [0.05, 0.1) is 127 Å². The van der Waals surface area contributed by atoms with Gasteiger partial charge in [-0.15, -0.1) is 0 Å². The quantitative estimate of drug-likeness (QED) is 0.135. The van der Waals surface area contributed by atoms with Crippen LogP contribution in [-0.4, -0.2) is 188 Å². The predicted octanol–water partition coefficient (Wildman–Crippen LogP) is -3.61. The maximum absolute atomic E-state index is 8.55. The van der Waals surface area contributed by atoms with E-state index in [9.17, 15) is 0 Å². The molecule has 0 heterocycles. The first-order chi connectivity index (χ1) is 15.4. The monoisotopic (exact) mass is 527 g/mol. The van der Waals surface area contributed by atoms with E-state index in [1.54, 1.807) is 0 Å². The first-order valence-corrected chi connectivity index (χ1v) is 12.3. The van der Waals surface area contributed by atoms with E-state index in [4.69, 9.17) is 19.2 Å². The van der Waals surface area contributed by atoms with Crippen molar-refractivity contribution < 1.29 is 33.0 Å². The van der Waals surface area contributed by atoms with Crippen LogP contribution in [0.2, 0.25) is 0 Å². The van der Waals surface area contributed by atoms with Gasteiger partial charge in [-0.3, -0.25) is 43.1 Å². The zero-order valence-electron chi connectivity index (χ0n) is 25.6. The Kier molecular flexibility index (Phi) is 21.9. The largest absolute Gasteiger partial charge is 0.822 e. The Bertz CT molecular complexity index is 595. The van der Waals surface area contributed by atoms with Crippen LogP contribution < -0.4 is 14.7 Å². The molecule has 13 nitrogen and oxygen atoms in total. The van der Waals surface area contributed by atoms with Crippen LogP contribution in [0.5, 0.6) is 0 Å². The van der Waals surface area contributed by atoms with Gasteiger partial charge in [0.25, 0.3) is 0 Å². The van der Waals surface area contributed by atoms with Crippen molar-refractivity contribution in [3.05, 3.63) is 0 Å². The van der Waals surface area contributed by atoms with Crippen LogP contribution in [0.3, 0.4) is 0 Å². The van der Waals surface area contributed by atoms with Crippen LogP contribution in [0.15, 0.2) is 0 Å². The third-order valence-corrected chi connectivity index (χ3v) is 3.60. The molecule has 0 saturated carbocycles. The van der Waals surface area contributed by atoms with Gasteiger partial charge in [0, 0.05) is 0 Å². The highest BCUT2D eigenvalue weighted by molar-refractivity contribution is 7.40.